The van der Waals surface area contributed by atoms with Gasteiger partial charge in [-0.25, -0.2) is 8.42 Å². The van der Waals surface area contributed by atoms with E-state index in [2.05, 4.69) is 21.2 Å². The topological polar surface area (TPSA) is 63.2 Å². The lowest BCUT2D eigenvalue weighted by Gasteiger charge is -2.11. The molecular formula is C19H11BrCl3NO3S. The van der Waals surface area contributed by atoms with Crippen LogP contribution < -0.4 is 5.32 Å². The zero-order chi connectivity index (χ0) is 20.5. The number of benzene rings is 3. The normalized spacial score (nSPS) is 11.3. The molecule has 0 heterocycles. The van der Waals surface area contributed by atoms with Crippen LogP contribution in [0.4, 0.5) is 5.69 Å². The average molecular weight is 520 g/mol. The molecule has 0 saturated heterocycles. The summed E-state index contributed by atoms with van der Waals surface area (Å²) in [6, 6.07) is 14.6. The van der Waals surface area contributed by atoms with Crippen molar-refractivity contribution in [2.24, 2.45) is 0 Å². The van der Waals surface area contributed by atoms with Gasteiger partial charge >= 0.3 is 0 Å². The molecule has 3 rings (SSSR count). The Morgan fingerprint density at radius 1 is 0.821 bits per heavy atom. The van der Waals surface area contributed by atoms with Gasteiger partial charge in [0.2, 0.25) is 9.84 Å². The maximum absolute atomic E-state index is 12.8. The predicted molar refractivity (Wildman–Crippen MR) is 115 cm³/mol. The van der Waals surface area contributed by atoms with Crippen LogP contribution in [0.3, 0.4) is 0 Å². The highest BCUT2D eigenvalue weighted by Gasteiger charge is 2.20. The molecule has 3 aromatic carbocycles. The Morgan fingerprint density at radius 3 is 2.11 bits per heavy atom. The van der Waals surface area contributed by atoms with E-state index in [-0.39, 0.29) is 20.5 Å². The standard InChI is InChI=1S/C19H11BrCl3NO3S/c20-12-7-11(8-14(22)9-12)19(25)24-18-10-16(5-6-17(18)23)28(26,27)15-3-1-13(21)2-4-15/h1-10H,(H,24,25). The Morgan fingerprint density at radius 2 is 1.46 bits per heavy atom. The Hall–Kier alpha value is -1.57. The number of halogens is 4. The molecule has 3 aromatic rings. The quantitative estimate of drug-likeness (QED) is 0.428. The molecule has 144 valence electrons. The van der Waals surface area contributed by atoms with Crippen molar-refractivity contribution in [3.63, 3.8) is 0 Å². The number of hydrogen-bond acceptors (Lipinski definition) is 3. The first-order chi connectivity index (χ1) is 13.2. The van der Waals surface area contributed by atoms with Crippen LogP contribution in [0.5, 0.6) is 0 Å². The van der Waals surface area contributed by atoms with Crippen LogP contribution in [0.15, 0.2) is 74.9 Å². The molecule has 4 nitrogen and oxygen atoms in total. The largest absolute Gasteiger partial charge is 0.321 e. The number of rotatable bonds is 4. The van der Waals surface area contributed by atoms with E-state index < -0.39 is 15.7 Å². The van der Waals surface area contributed by atoms with Gasteiger partial charge in [-0.15, -0.1) is 0 Å². The van der Waals surface area contributed by atoms with Gasteiger partial charge in [-0.05, 0) is 60.7 Å². The van der Waals surface area contributed by atoms with Gasteiger partial charge in [0.05, 0.1) is 20.5 Å². The minimum Gasteiger partial charge on any atom is -0.321 e. The van der Waals surface area contributed by atoms with Gasteiger partial charge in [0.25, 0.3) is 5.91 Å². The lowest BCUT2D eigenvalue weighted by molar-refractivity contribution is 0.102. The van der Waals surface area contributed by atoms with Crippen molar-refractivity contribution in [1.82, 2.24) is 0 Å². The molecule has 0 bridgehead atoms. The highest BCUT2D eigenvalue weighted by molar-refractivity contribution is 9.10. The summed E-state index contributed by atoms with van der Waals surface area (Å²) in [4.78, 5) is 12.6. The minimum atomic E-state index is -3.81. The van der Waals surface area contributed by atoms with E-state index in [1.165, 1.54) is 48.5 Å². The van der Waals surface area contributed by atoms with Crippen LogP contribution >= 0.6 is 50.7 Å². The summed E-state index contributed by atoms with van der Waals surface area (Å²) in [5.74, 6) is -0.480. The van der Waals surface area contributed by atoms with E-state index in [1.54, 1.807) is 12.1 Å². The van der Waals surface area contributed by atoms with E-state index in [0.717, 1.165) is 0 Å². The zero-order valence-electron chi connectivity index (χ0n) is 13.9. The van der Waals surface area contributed by atoms with Crippen molar-refractivity contribution in [1.29, 1.82) is 0 Å². The van der Waals surface area contributed by atoms with Gasteiger partial charge < -0.3 is 5.32 Å². The second-order valence-corrected chi connectivity index (χ2v) is 9.86. The fraction of sp³-hybridized carbons (Fsp3) is 0. The van der Waals surface area contributed by atoms with Crippen LogP contribution in [-0.4, -0.2) is 14.3 Å². The summed E-state index contributed by atoms with van der Waals surface area (Å²) in [6.45, 7) is 0. The maximum atomic E-state index is 12.8. The monoisotopic (exact) mass is 517 g/mol. The number of amides is 1. The molecule has 0 atom stereocenters. The van der Waals surface area contributed by atoms with E-state index in [4.69, 9.17) is 34.8 Å². The number of nitrogens with one attached hydrogen (secondary N) is 1. The summed E-state index contributed by atoms with van der Waals surface area (Å²) in [5.41, 5.74) is 0.458. The van der Waals surface area contributed by atoms with Crippen molar-refractivity contribution >= 4 is 72.2 Å². The predicted octanol–water partition coefficient (Wildman–Crippen LogP) is 6.49. The molecule has 0 aliphatic carbocycles. The molecule has 28 heavy (non-hydrogen) atoms. The van der Waals surface area contributed by atoms with Crippen LogP contribution in [0.1, 0.15) is 10.4 Å². The van der Waals surface area contributed by atoms with Gasteiger partial charge in [0.1, 0.15) is 0 Å². The lowest BCUT2D eigenvalue weighted by atomic mass is 10.2. The fourth-order valence-corrected chi connectivity index (χ4v) is 4.83. The van der Waals surface area contributed by atoms with Crippen molar-refractivity contribution in [2.45, 2.75) is 9.79 Å². The van der Waals surface area contributed by atoms with Gasteiger partial charge in [-0.1, -0.05) is 50.7 Å². The third-order valence-electron chi connectivity index (χ3n) is 3.75. The first kappa shape index (κ1) is 21.1. The molecule has 1 amide bonds. The lowest BCUT2D eigenvalue weighted by Crippen LogP contribution is -2.13. The molecule has 0 aliphatic rings. The summed E-state index contributed by atoms with van der Waals surface area (Å²) < 4.78 is 26.3. The molecule has 0 aromatic heterocycles. The average Bonchev–Trinajstić information content (AvgIpc) is 2.63. The first-order valence-electron chi connectivity index (χ1n) is 7.74. The Bertz CT molecular complexity index is 1150. The molecule has 0 saturated carbocycles. The smallest absolute Gasteiger partial charge is 0.255 e. The van der Waals surface area contributed by atoms with E-state index in [0.29, 0.717) is 20.1 Å². The van der Waals surface area contributed by atoms with E-state index in [9.17, 15) is 13.2 Å². The number of carbonyl (C=O) groups excluding carboxylic acids is 1. The molecule has 0 radical (unpaired) electrons. The Labute approximate surface area is 185 Å². The number of sulfone groups is 1. The minimum absolute atomic E-state index is 0.0122. The Balaban J connectivity index is 1.95. The number of anilines is 1. The summed E-state index contributed by atoms with van der Waals surface area (Å²) in [7, 11) is -3.81. The third-order valence-corrected chi connectivity index (χ3v) is 6.77. The first-order valence-corrected chi connectivity index (χ1v) is 11.2. The van der Waals surface area contributed by atoms with Crippen LogP contribution in [0, 0.1) is 0 Å². The maximum Gasteiger partial charge on any atom is 0.255 e. The third kappa shape index (κ3) is 4.70. The zero-order valence-corrected chi connectivity index (χ0v) is 18.6. The highest BCUT2D eigenvalue weighted by Crippen LogP contribution is 2.30. The molecular weight excluding hydrogens is 509 g/mol. The summed E-state index contributed by atoms with van der Waals surface area (Å²) >= 11 is 21.2. The van der Waals surface area contributed by atoms with Crippen molar-refractivity contribution in [3.05, 3.63) is 85.8 Å². The van der Waals surface area contributed by atoms with Crippen LogP contribution in [0.25, 0.3) is 0 Å². The summed E-state index contributed by atoms with van der Waals surface area (Å²) in [5, 5.41) is 3.62. The second kappa shape index (κ2) is 8.43. The molecule has 9 heteroatoms. The van der Waals surface area contributed by atoms with Gasteiger partial charge in [-0.3, -0.25) is 4.79 Å². The second-order valence-electron chi connectivity index (χ2n) is 5.71. The molecule has 0 fully saturated rings. The SMILES string of the molecule is O=C(Nc1cc(S(=O)(=O)c2ccc(Cl)cc2)ccc1Cl)c1cc(Cl)cc(Br)c1. The van der Waals surface area contributed by atoms with Crippen molar-refractivity contribution in [2.75, 3.05) is 5.32 Å². The fourth-order valence-electron chi connectivity index (χ4n) is 2.40. The van der Waals surface area contributed by atoms with Crippen LogP contribution in [0.2, 0.25) is 15.1 Å². The number of hydrogen-bond donors (Lipinski definition) is 1. The molecule has 0 spiro atoms. The van der Waals surface area contributed by atoms with Gasteiger partial charge in [0.15, 0.2) is 0 Å². The highest BCUT2D eigenvalue weighted by atomic mass is 79.9. The van der Waals surface area contributed by atoms with E-state index in [1.807, 2.05) is 0 Å². The van der Waals surface area contributed by atoms with Crippen molar-refractivity contribution < 1.29 is 13.2 Å². The van der Waals surface area contributed by atoms with E-state index >= 15 is 0 Å². The van der Waals surface area contributed by atoms with Gasteiger partial charge in [0, 0.05) is 20.1 Å². The molecule has 0 aliphatic heterocycles. The molecule has 0 unspecified atom stereocenters. The summed E-state index contributed by atoms with van der Waals surface area (Å²) in [6.07, 6.45) is 0. The number of carbonyl (C=O) groups is 1. The Kier molecular flexibility index (Phi) is 6.37. The van der Waals surface area contributed by atoms with Crippen LogP contribution in [-0.2, 0) is 9.84 Å². The van der Waals surface area contributed by atoms with Gasteiger partial charge in [-0.2, -0.15) is 0 Å². The molecule has 1 N–H and O–H groups in total. The van der Waals surface area contributed by atoms with Crippen molar-refractivity contribution in [3.8, 4) is 0 Å².